The highest BCUT2D eigenvalue weighted by molar-refractivity contribution is 7.92. The number of aryl methyl sites for hydroxylation is 1. The molecule has 3 heterocycles. The van der Waals surface area contributed by atoms with Crippen LogP contribution in [0.1, 0.15) is 84.9 Å². The summed E-state index contributed by atoms with van der Waals surface area (Å²) in [7, 11) is -2.24. The monoisotopic (exact) mass is 986 g/mol. The minimum atomic E-state index is -3.91. The van der Waals surface area contributed by atoms with Crippen LogP contribution in [0.4, 0.5) is 15.9 Å². The maximum absolute atomic E-state index is 14.4. The van der Waals surface area contributed by atoms with Gasteiger partial charge in [0, 0.05) is 36.0 Å². The van der Waals surface area contributed by atoms with Crippen LogP contribution in [0.15, 0.2) is 71.8 Å². The lowest BCUT2D eigenvalue weighted by Gasteiger charge is -2.36. The molecule has 5 N–H and O–H groups in total. The number of fused-ring (bicyclic) bond motifs is 3. The number of aromatic nitrogens is 3. The molecule has 1 aliphatic heterocycles. The van der Waals surface area contributed by atoms with Crippen LogP contribution in [0.25, 0.3) is 21.8 Å². The number of pyridine rings is 1. The molecule has 2 aromatic heterocycles. The average Bonchev–Trinajstić information content (AvgIpc) is 3.94. The Balaban J connectivity index is 0.924. The molecule has 1 fully saturated rings. The molecule has 0 radical (unpaired) electrons. The van der Waals surface area contributed by atoms with Crippen molar-refractivity contribution in [1.29, 1.82) is 0 Å². The third-order valence-corrected chi connectivity index (χ3v) is 15.4. The van der Waals surface area contributed by atoms with Gasteiger partial charge in [-0.05, 0) is 101 Å². The first-order valence-electron chi connectivity index (χ1n) is 23.9. The lowest BCUT2D eigenvalue weighted by molar-refractivity contribution is -0.144. The zero-order valence-electron chi connectivity index (χ0n) is 41.3. The summed E-state index contributed by atoms with van der Waals surface area (Å²) < 4.78 is 64.7. The number of H-pyrrole nitrogens is 1. The Morgan fingerprint density at radius 2 is 1.66 bits per heavy atom. The highest BCUT2D eigenvalue weighted by atomic mass is 32.2. The van der Waals surface area contributed by atoms with E-state index < -0.39 is 50.0 Å². The number of hydrogen-bond donors (Lipinski definition) is 5. The Kier molecular flexibility index (Phi) is 16.5. The van der Waals surface area contributed by atoms with Crippen molar-refractivity contribution in [2.24, 2.45) is 5.41 Å². The fourth-order valence-electron chi connectivity index (χ4n) is 8.73. The molecule has 2 aliphatic rings. The number of aromatic amines is 1. The van der Waals surface area contributed by atoms with E-state index in [1.807, 2.05) is 39.0 Å². The van der Waals surface area contributed by atoms with Crippen molar-refractivity contribution in [2.75, 3.05) is 58.6 Å². The molecule has 0 bridgehead atoms. The van der Waals surface area contributed by atoms with Crippen LogP contribution in [0.3, 0.4) is 0 Å². The summed E-state index contributed by atoms with van der Waals surface area (Å²) in [5.41, 5.74) is 3.27. The Bertz CT molecular complexity index is 2770. The first kappa shape index (κ1) is 52.1. The van der Waals surface area contributed by atoms with Crippen molar-refractivity contribution >= 4 is 60.9 Å². The molecule has 3 amide bonds. The maximum Gasteiger partial charge on any atom is 0.246 e. The molecule has 3 aromatic carbocycles. The van der Waals surface area contributed by atoms with Gasteiger partial charge in [0.15, 0.2) is 15.7 Å². The number of anilines is 2. The molecule has 2 unspecified atom stereocenters. The number of carbonyl (C=O) groups excluding carboxylic acids is 3. The molecule has 17 nitrogen and oxygen atoms in total. The summed E-state index contributed by atoms with van der Waals surface area (Å²) in [5.74, 6) is -0.839. The molecule has 0 saturated carbocycles. The molecule has 19 heteroatoms. The van der Waals surface area contributed by atoms with Crippen molar-refractivity contribution in [3.8, 4) is 5.75 Å². The summed E-state index contributed by atoms with van der Waals surface area (Å²) in [5, 5.41) is 20.5. The van der Waals surface area contributed by atoms with Crippen molar-refractivity contribution in [2.45, 2.75) is 114 Å². The van der Waals surface area contributed by atoms with E-state index in [9.17, 15) is 27.2 Å². The number of amides is 3. The van der Waals surface area contributed by atoms with E-state index in [-0.39, 0.29) is 87.0 Å². The predicted octanol–water partition coefficient (Wildman–Crippen LogP) is 6.30. The summed E-state index contributed by atoms with van der Waals surface area (Å²) in [6.07, 6.45) is 4.08. The zero-order valence-corrected chi connectivity index (χ0v) is 42.1. The Morgan fingerprint density at radius 3 is 2.39 bits per heavy atom. The minimum absolute atomic E-state index is 0.0125. The second-order valence-corrected chi connectivity index (χ2v) is 22.6. The van der Waals surface area contributed by atoms with Crippen molar-refractivity contribution in [3.63, 3.8) is 0 Å². The standard InChI is InChI=1S/C51H67FN8O9S/c1-31(53-8)47(61)57-45(50(2,3)4)49(63)60-30-34(27-42(60)48(62)56-38-15-11-13-32-12-9-10-14-35(32)38)68-24-22-66-20-21-67-23-25-69-43-29-41-36(28-44(43)70(64,65)51(5,6)7)39(18-19-54-41)55-46-37-26-33(52)16-17-40(37)58-59-46/h9-10,12,14,16-19,26,28-29,31,34,38,42,45,53H,11,13,15,20-25,27,30H2,1-8H3,(H,56,62)(H,57,61)(H2,54,55,58,59)/t31?,34-,38+,42-,45?/m0/s1. The lowest BCUT2D eigenvalue weighted by atomic mass is 9.85. The number of sulfone groups is 1. The van der Waals surface area contributed by atoms with Gasteiger partial charge < -0.3 is 45.1 Å². The summed E-state index contributed by atoms with van der Waals surface area (Å²) >= 11 is 0. The van der Waals surface area contributed by atoms with Gasteiger partial charge in [-0.1, -0.05) is 45.0 Å². The molecule has 1 aliphatic carbocycles. The van der Waals surface area contributed by atoms with E-state index in [1.165, 1.54) is 23.8 Å². The van der Waals surface area contributed by atoms with Crippen LogP contribution in [0, 0.1) is 11.2 Å². The van der Waals surface area contributed by atoms with Gasteiger partial charge >= 0.3 is 0 Å². The van der Waals surface area contributed by atoms with Crippen LogP contribution in [0.2, 0.25) is 0 Å². The van der Waals surface area contributed by atoms with Gasteiger partial charge in [0.2, 0.25) is 17.7 Å². The quantitative estimate of drug-likeness (QED) is 0.0543. The van der Waals surface area contributed by atoms with Crippen molar-refractivity contribution in [3.05, 3.63) is 83.8 Å². The maximum atomic E-state index is 14.4. The molecule has 0 spiro atoms. The molecule has 7 rings (SSSR count). The average molecular weight is 987 g/mol. The van der Waals surface area contributed by atoms with Crippen LogP contribution < -0.4 is 26.0 Å². The number of halogens is 1. The number of hydrogen-bond acceptors (Lipinski definition) is 13. The van der Waals surface area contributed by atoms with Gasteiger partial charge in [-0.15, -0.1) is 0 Å². The van der Waals surface area contributed by atoms with Gasteiger partial charge in [0.05, 0.1) is 72.7 Å². The molecular weight excluding hydrogens is 920 g/mol. The SMILES string of the molecule is CNC(C)C(=O)NC(C(=O)N1C[C@@H](OCCOCCOCCOc2cc3nccc(Nc4n[nH]c5ccc(F)cc45)c3cc2S(=O)(=O)C(C)(C)C)C[C@H]1C(=O)N[C@@H]1CCCc2ccccc21)C(C)(C)C. The molecular formula is C51H67FN8O9S. The van der Waals surface area contributed by atoms with Crippen LogP contribution in [0.5, 0.6) is 5.75 Å². The topological polar surface area (TPSA) is 215 Å². The normalized spacial score (nSPS) is 18.4. The fraction of sp³-hybridized carbons (Fsp3) is 0.510. The van der Waals surface area contributed by atoms with Gasteiger partial charge in [0.1, 0.15) is 35.2 Å². The van der Waals surface area contributed by atoms with Gasteiger partial charge in [-0.2, -0.15) is 5.10 Å². The number of likely N-dealkylation sites (tertiary alicyclic amines) is 1. The number of ether oxygens (including phenoxy) is 4. The number of rotatable bonds is 20. The van der Waals surface area contributed by atoms with E-state index in [0.29, 0.717) is 33.3 Å². The summed E-state index contributed by atoms with van der Waals surface area (Å²) in [6.45, 7) is 13.5. The van der Waals surface area contributed by atoms with Gasteiger partial charge in [-0.25, -0.2) is 12.8 Å². The second-order valence-electron chi connectivity index (χ2n) is 20.0. The molecule has 5 aromatic rings. The summed E-state index contributed by atoms with van der Waals surface area (Å²) in [4.78, 5) is 47.6. The third-order valence-electron chi connectivity index (χ3n) is 12.9. The first-order chi connectivity index (χ1) is 33.3. The molecule has 5 atom stereocenters. The van der Waals surface area contributed by atoms with Crippen LogP contribution >= 0.6 is 0 Å². The predicted molar refractivity (Wildman–Crippen MR) is 265 cm³/mol. The van der Waals surface area contributed by atoms with Gasteiger partial charge in [0.25, 0.3) is 0 Å². The van der Waals surface area contributed by atoms with Crippen LogP contribution in [-0.4, -0.2) is 128 Å². The van der Waals surface area contributed by atoms with E-state index >= 15 is 0 Å². The van der Waals surface area contributed by atoms with Crippen molar-refractivity contribution < 1.29 is 46.1 Å². The number of likely N-dealkylation sites (N-methyl/N-ethyl adjacent to an activating group) is 1. The highest BCUT2D eigenvalue weighted by Gasteiger charge is 2.46. The number of carbonyl (C=O) groups is 3. The van der Waals surface area contributed by atoms with Crippen LogP contribution in [-0.2, 0) is 44.9 Å². The minimum Gasteiger partial charge on any atom is -0.490 e. The van der Waals surface area contributed by atoms with E-state index in [0.717, 1.165) is 24.8 Å². The van der Waals surface area contributed by atoms with E-state index in [1.54, 1.807) is 64.0 Å². The molecule has 70 heavy (non-hydrogen) atoms. The van der Waals surface area contributed by atoms with E-state index in [4.69, 9.17) is 18.9 Å². The van der Waals surface area contributed by atoms with E-state index in [2.05, 4.69) is 42.5 Å². The van der Waals surface area contributed by atoms with Crippen molar-refractivity contribution in [1.82, 2.24) is 36.0 Å². The zero-order chi connectivity index (χ0) is 50.4. The number of benzene rings is 3. The fourth-order valence-corrected chi connectivity index (χ4v) is 10.0. The Morgan fingerprint density at radius 1 is 0.929 bits per heavy atom. The smallest absolute Gasteiger partial charge is 0.246 e. The highest BCUT2D eigenvalue weighted by Crippen LogP contribution is 2.38. The number of nitrogens with zero attached hydrogens (tertiary/aromatic N) is 3. The molecule has 1 saturated heterocycles. The number of nitrogens with one attached hydrogen (secondary N) is 5. The summed E-state index contributed by atoms with van der Waals surface area (Å²) in [6, 6.07) is 14.8. The third kappa shape index (κ3) is 12.1. The Hall–Kier alpha value is -5.73. The second kappa shape index (κ2) is 22.1. The van der Waals surface area contributed by atoms with Gasteiger partial charge in [-0.3, -0.25) is 24.5 Å². The Labute approximate surface area is 409 Å². The lowest BCUT2D eigenvalue weighted by Crippen LogP contribution is -2.59. The first-order valence-corrected chi connectivity index (χ1v) is 25.4. The largest absolute Gasteiger partial charge is 0.490 e. The molecule has 378 valence electrons.